The van der Waals surface area contributed by atoms with Crippen LogP contribution in [-0.4, -0.2) is 79.1 Å². The van der Waals surface area contributed by atoms with Gasteiger partial charge in [0.25, 0.3) is 0 Å². The standard InChI is InChI=1S/C21H34ClFN4O4/c22-14-2-1-3-15(23)16(14)19-26-17(18(24)28)20(31-19)25-13-6-4-12(5-7-13)21(29)27-8-10-30-11-9-27/h12-17,19-20,25-26H,1-11H2,(H2,24,28). The minimum Gasteiger partial charge on any atom is -0.378 e. The van der Waals surface area contributed by atoms with Crippen LogP contribution in [0, 0.1) is 11.8 Å². The lowest BCUT2D eigenvalue weighted by molar-refractivity contribution is -0.140. The molecule has 8 nitrogen and oxygen atoms in total. The van der Waals surface area contributed by atoms with Gasteiger partial charge in [-0.05, 0) is 44.9 Å². The zero-order valence-corrected chi connectivity index (χ0v) is 18.6. The van der Waals surface area contributed by atoms with Crippen LogP contribution in [0.3, 0.4) is 0 Å². The van der Waals surface area contributed by atoms with E-state index in [9.17, 15) is 14.0 Å². The Bertz CT molecular complexity index is 635. The van der Waals surface area contributed by atoms with Gasteiger partial charge in [0.2, 0.25) is 11.8 Å². The maximum absolute atomic E-state index is 14.6. The third kappa shape index (κ3) is 5.33. The predicted octanol–water partition coefficient (Wildman–Crippen LogP) is 0.865. The Morgan fingerprint density at radius 1 is 1.10 bits per heavy atom. The molecular weight excluding hydrogens is 427 g/mol. The Morgan fingerprint density at radius 2 is 1.81 bits per heavy atom. The number of hydrogen-bond acceptors (Lipinski definition) is 6. The van der Waals surface area contributed by atoms with Gasteiger partial charge in [0.05, 0.1) is 13.2 Å². The van der Waals surface area contributed by atoms with Gasteiger partial charge in [-0.25, -0.2) is 4.39 Å². The molecule has 4 rings (SSSR count). The molecule has 0 bridgehead atoms. The number of ether oxygens (including phenoxy) is 2. The van der Waals surface area contributed by atoms with E-state index in [1.807, 2.05) is 4.90 Å². The van der Waals surface area contributed by atoms with E-state index in [0.29, 0.717) is 32.7 Å². The maximum atomic E-state index is 14.6. The summed E-state index contributed by atoms with van der Waals surface area (Å²) in [6.45, 7) is 2.54. The van der Waals surface area contributed by atoms with E-state index < -0.39 is 36.5 Å². The van der Waals surface area contributed by atoms with E-state index in [1.165, 1.54) is 0 Å². The molecule has 6 atom stereocenters. The second kappa shape index (κ2) is 10.3. The fraction of sp³-hybridized carbons (Fsp3) is 0.905. The first-order chi connectivity index (χ1) is 14.9. The molecule has 2 amide bonds. The van der Waals surface area contributed by atoms with Crippen molar-refractivity contribution in [2.24, 2.45) is 17.6 Å². The van der Waals surface area contributed by atoms with Gasteiger partial charge in [0, 0.05) is 36.3 Å². The average Bonchev–Trinajstić information content (AvgIpc) is 3.18. The predicted molar refractivity (Wildman–Crippen MR) is 113 cm³/mol. The van der Waals surface area contributed by atoms with Crippen molar-refractivity contribution >= 4 is 23.4 Å². The summed E-state index contributed by atoms with van der Waals surface area (Å²) in [6.07, 6.45) is 2.80. The van der Waals surface area contributed by atoms with Crippen LogP contribution in [0.1, 0.15) is 44.9 Å². The molecule has 2 saturated carbocycles. The zero-order chi connectivity index (χ0) is 22.0. The monoisotopic (exact) mass is 460 g/mol. The number of hydrogen-bond donors (Lipinski definition) is 3. The van der Waals surface area contributed by atoms with Gasteiger partial charge in [-0.2, -0.15) is 0 Å². The van der Waals surface area contributed by atoms with Crippen molar-refractivity contribution in [1.29, 1.82) is 0 Å². The minimum atomic E-state index is -1.07. The second-order valence-electron chi connectivity index (χ2n) is 9.22. The lowest BCUT2D eigenvalue weighted by Crippen LogP contribution is -2.53. The zero-order valence-electron chi connectivity index (χ0n) is 17.8. The van der Waals surface area contributed by atoms with E-state index in [2.05, 4.69) is 10.6 Å². The lowest BCUT2D eigenvalue weighted by Gasteiger charge is -2.35. The largest absolute Gasteiger partial charge is 0.378 e. The number of halogens is 2. The molecular formula is C21H34ClFN4O4. The fourth-order valence-electron chi connectivity index (χ4n) is 5.39. The van der Waals surface area contributed by atoms with Crippen LogP contribution in [0.5, 0.6) is 0 Å². The Kier molecular flexibility index (Phi) is 7.69. The van der Waals surface area contributed by atoms with E-state index in [4.69, 9.17) is 26.8 Å². The first-order valence-corrected chi connectivity index (χ1v) is 12.0. The highest BCUT2D eigenvalue weighted by atomic mass is 35.5. The SMILES string of the molecule is NC(=O)C1NC(C2C(F)CCCC2Cl)OC1NC1CCC(C(=O)N2CCOCC2)CC1. The van der Waals surface area contributed by atoms with E-state index in [1.54, 1.807) is 0 Å². The molecule has 10 heteroatoms. The van der Waals surface area contributed by atoms with Crippen molar-refractivity contribution in [1.82, 2.24) is 15.5 Å². The van der Waals surface area contributed by atoms with Crippen LogP contribution in [0.4, 0.5) is 4.39 Å². The van der Waals surface area contributed by atoms with Crippen LogP contribution < -0.4 is 16.4 Å². The average molecular weight is 461 g/mol. The summed E-state index contributed by atoms with van der Waals surface area (Å²) < 4.78 is 25.9. The fourth-order valence-corrected chi connectivity index (χ4v) is 5.83. The summed E-state index contributed by atoms with van der Waals surface area (Å²) >= 11 is 6.39. The van der Waals surface area contributed by atoms with Crippen molar-refractivity contribution in [3.8, 4) is 0 Å². The number of nitrogens with one attached hydrogen (secondary N) is 2. The molecule has 176 valence electrons. The third-order valence-electron chi connectivity index (χ3n) is 7.19. The Hall–Kier alpha value is -1.00. The number of carbonyl (C=O) groups is 2. The summed E-state index contributed by atoms with van der Waals surface area (Å²) in [5.74, 6) is -0.792. The van der Waals surface area contributed by atoms with E-state index >= 15 is 0 Å². The number of rotatable bonds is 5. The normalized spacial score (nSPS) is 41.8. The maximum Gasteiger partial charge on any atom is 0.238 e. The van der Waals surface area contributed by atoms with Crippen LogP contribution >= 0.6 is 11.6 Å². The van der Waals surface area contributed by atoms with Gasteiger partial charge >= 0.3 is 0 Å². The van der Waals surface area contributed by atoms with Gasteiger partial charge in [-0.15, -0.1) is 11.6 Å². The summed E-state index contributed by atoms with van der Waals surface area (Å²) in [5, 5.41) is 6.13. The molecule has 4 N–H and O–H groups in total. The molecule has 4 fully saturated rings. The molecule has 2 heterocycles. The van der Waals surface area contributed by atoms with Gasteiger partial charge in [-0.1, -0.05) is 0 Å². The van der Waals surface area contributed by atoms with Crippen molar-refractivity contribution in [3.63, 3.8) is 0 Å². The molecule has 0 spiro atoms. The van der Waals surface area contributed by atoms with Crippen LogP contribution in [0.2, 0.25) is 0 Å². The molecule has 0 aromatic carbocycles. The molecule has 2 aliphatic heterocycles. The first-order valence-electron chi connectivity index (χ1n) is 11.6. The van der Waals surface area contributed by atoms with Gasteiger partial charge in [0.1, 0.15) is 24.7 Å². The van der Waals surface area contributed by atoms with Gasteiger partial charge < -0.3 is 20.1 Å². The highest BCUT2D eigenvalue weighted by molar-refractivity contribution is 6.20. The molecule has 0 aromatic rings. The molecule has 6 unspecified atom stereocenters. The van der Waals surface area contributed by atoms with Crippen molar-refractivity contribution in [2.75, 3.05) is 26.3 Å². The Morgan fingerprint density at radius 3 is 2.45 bits per heavy atom. The Labute approximate surface area is 187 Å². The van der Waals surface area contributed by atoms with E-state index in [-0.39, 0.29) is 23.2 Å². The van der Waals surface area contributed by atoms with Crippen LogP contribution in [-0.2, 0) is 19.1 Å². The first kappa shape index (κ1) is 23.2. The molecule has 2 saturated heterocycles. The number of nitrogens with zero attached hydrogens (tertiary/aromatic N) is 1. The van der Waals surface area contributed by atoms with Crippen molar-refractivity contribution < 1.29 is 23.5 Å². The number of amides is 2. The summed E-state index contributed by atoms with van der Waals surface area (Å²) in [7, 11) is 0. The van der Waals surface area contributed by atoms with Crippen molar-refractivity contribution in [2.45, 2.75) is 81.0 Å². The topological polar surface area (TPSA) is 106 Å². The van der Waals surface area contributed by atoms with Crippen LogP contribution in [0.15, 0.2) is 0 Å². The highest BCUT2D eigenvalue weighted by Gasteiger charge is 2.48. The highest BCUT2D eigenvalue weighted by Crippen LogP contribution is 2.36. The summed E-state index contributed by atoms with van der Waals surface area (Å²) in [6, 6.07) is -0.629. The quantitative estimate of drug-likeness (QED) is 0.525. The summed E-state index contributed by atoms with van der Waals surface area (Å²) in [5.41, 5.74) is 5.59. The molecule has 0 aromatic heterocycles. The number of alkyl halides is 2. The molecule has 31 heavy (non-hydrogen) atoms. The molecule has 0 radical (unpaired) electrons. The molecule has 2 aliphatic carbocycles. The van der Waals surface area contributed by atoms with Gasteiger partial charge in [0.15, 0.2) is 0 Å². The van der Waals surface area contributed by atoms with Gasteiger partial charge in [-0.3, -0.25) is 20.2 Å². The number of carbonyl (C=O) groups excluding carboxylic acids is 2. The van der Waals surface area contributed by atoms with Crippen LogP contribution in [0.25, 0.3) is 0 Å². The smallest absolute Gasteiger partial charge is 0.238 e. The minimum absolute atomic E-state index is 0.0324. The molecule has 4 aliphatic rings. The third-order valence-corrected chi connectivity index (χ3v) is 7.70. The number of nitrogens with two attached hydrogens (primary N) is 1. The Balaban J connectivity index is 1.31. The van der Waals surface area contributed by atoms with Crippen molar-refractivity contribution in [3.05, 3.63) is 0 Å². The second-order valence-corrected chi connectivity index (χ2v) is 9.78. The summed E-state index contributed by atoms with van der Waals surface area (Å²) in [4.78, 5) is 26.6. The lowest BCUT2D eigenvalue weighted by atomic mass is 9.85. The number of morpholine rings is 1. The number of primary amides is 1. The van der Waals surface area contributed by atoms with E-state index in [0.717, 1.165) is 38.5 Å².